The third-order valence-corrected chi connectivity index (χ3v) is 2.95. The topological polar surface area (TPSA) is 58.6 Å². The Labute approximate surface area is 120 Å². The van der Waals surface area contributed by atoms with Crippen LogP contribution in [-0.2, 0) is 4.79 Å². The summed E-state index contributed by atoms with van der Waals surface area (Å²) in [4.78, 5) is 11.7. The van der Waals surface area contributed by atoms with Crippen LogP contribution in [-0.4, -0.2) is 30.3 Å². The smallest absolute Gasteiger partial charge is 0.244 e. The number of rotatable bonds is 7. The van der Waals surface area contributed by atoms with Gasteiger partial charge in [0.2, 0.25) is 5.91 Å². The van der Waals surface area contributed by atoms with E-state index in [1.54, 1.807) is 6.08 Å². The van der Waals surface area contributed by atoms with Gasteiger partial charge in [0, 0.05) is 6.08 Å². The molecule has 0 radical (unpaired) electrons. The molecule has 1 aromatic rings. The maximum atomic E-state index is 11.7. The predicted molar refractivity (Wildman–Crippen MR) is 80.5 cm³/mol. The van der Waals surface area contributed by atoms with Crippen molar-refractivity contribution in [2.24, 2.45) is 5.92 Å². The Morgan fingerprint density at radius 3 is 2.50 bits per heavy atom. The highest BCUT2D eigenvalue weighted by Crippen LogP contribution is 2.13. The van der Waals surface area contributed by atoms with Gasteiger partial charge in [0.1, 0.15) is 5.75 Å². The van der Waals surface area contributed by atoms with E-state index in [2.05, 4.69) is 5.32 Å². The van der Waals surface area contributed by atoms with Crippen LogP contribution in [0.15, 0.2) is 30.3 Å². The van der Waals surface area contributed by atoms with Gasteiger partial charge >= 0.3 is 0 Å². The maximum Gasteiger partial charge on any atom is 0.244 e. The van der Waals surface area contributed by atoms with Crippen LogP contribution < -0.4 is 10.1 Å². The Balaban J connectivity index is 2.56. The molecule has 0 saturated heterocycles. The Bertz CT molecular complexity index is 438. The van der Waals surface area contributed by atoms with E-state index in [4.69, 9.17) is 9.84 Å². The Morgan fingerprint density at radius 1 is 1.35 bits per heavy atom. The van der Waals surface area contributed by atoms with Crippen molar-refractivity contribution in [3.8, 4) is 5.75 Å². The van der Waals surface area contributed by atoms with E-state index in [0.717, 1.165) is 11.3 Å². The molecule has 1 amide bonds. The first-order chi connectivity index (χ1) is 9.56. The minimum Gasteiger partial charge on any atom is -0.494 e. The summed E-state index contributed by atoms with van der Waals surface area (Å²) in [5.74, 6) is 0.809. The highest BCUT2D eigenvalue weighted by molar-refractivity contribution is 5.91. The number of amides is 1. The van der Waals surface area contributed by atoms with Gasteiger partial charge in [-0.05, 0) is 36.6 Å². The zero-order valence-electron chi connectivity index (χ0n) is 12.3. The van der Waals surface area contributed by atoms with Gasteiger partial charge in [-0.15, -0.1) is 0 Å². The molecule has 0 spiro atoms. The fourth-order valence-electron chi connectivity index (χ4n) is 1.67. The lowest BCUT2D eigenvalue weighted by Crippen LogP contribution is -2.40. The SMILES string of the molecule is CCOc1ccc(C=CC(=O)NC(CO)C(C)C)cc1. The first-order valence-electron chi connectivity index (χ1n) is 6.89. The Morgan fingerprint density at radius 2 is 2.00 bits per heavy atom. The second-order valence-electron chi connectivity index (χ2n) is 4.88. The summed E-state index contributed by atoms with van der Waals surface area (Å²) < 4.78 is 5.35. The van der Waals surface area contributed by atoms with Crippen molar-refractivity contribution >= 4 is 12.0 Å². The number of nitrogens with one attached hydrogen (secondary N) is 1. The summed E-state index contributed by atoms with van der Waals surface area (Å²) in [5.41, 5.74) is 0.925. The number of hydrogen-bond acceptors (Lipinski definition) is 3. The van der Waals surface area contributed by atoms with Gasteiger partial charge in [-0.3, -0.25) is 4.79 Å². The van der Waals surface area contributed by atoms with Crippen molar-refractivity contribution in [2.45, 2.75) is 26.8 Å². The quantitative estimate of drug-likeness (QED) is 0.751. The molecule has 0 aliphatic carbocycles. The highest BCUT2D eigenvalue weighted by Gasteiger charge is 2.13. The fraction of sp³-hybridized carbons (Fsp3) is 0.438. The van der Waals surface area contributed by atoms with Crippen LogP contribution in [0, 0.1) is 5.92 Å². The molecule has 0 fully saturated rings. The van der Waals surface area contributed by atoms with Crippen molar-refractivity contribution in [2.75, 3.05) is 13.2 Å². The summed E-state index contributed by atoms with van der Waals surface area (Å²) in [7, 11) is 0. The Kier molecular flexibility index (Phi) is 6.81. The van der Waals surface area contributed by atoms with Crippen LogP contribution in [0.1, 0.15) is 26.3 Å². The van der Waals surface area contributed by atoms with E-state index >= 15 is 0 Å². The van der Waals surface area contributed by atoms with E-state index in [0.29, 0.717) is 6.61 Å². The molecular formula is C16H23NO3. The predicted octanol–water partition coefficient (Wildman–Crippen LogP) is 2.23. The molecule has 0 bridgehead atoms. The monoisotopic (exact) mass is 277 g/mol. The standard InChI is InChI=1S/C16H23NO3/c1-4-20-14-8-5-13(6-9-14)7-10-16(19)17-15(11-18)12(2)3/h5-10,12,15,18H,4,11H2,1-3H3,(H,17,19). The minimum absolute atomic E-state index is 0.0553. The third kappa shape index (κ3) is 5.45. The van der Waals surface area contributed by atoms with Crippen LogP contribution in [0.3, 0.4) is 0 Å². The van der Waals surface area contributed by atoms with Gasteiger partial charge in [-0.2, -0.15) is 0 Å². The lowest BCUT2D eigenvalue weighted by atomic mass is 10.1. The zero-order valence-corrected chi connectivity index (χ0v) is 12.3. The largest absolute Gasteiger partial charge is 0.494 e. The molecule has 4 heteroatoms. The van der Waals surface area contributed by atoms with Gasteiger partial charge in [-0.1, -0.05) is 26.0 Å². The third-order valence-electron chi connectivity index (χ3n) is 2.95. The lowest BCUT2D eigenvalue weighted by molar-refractivity contribution is -0.117. The van der Waals surface area contributed by atoms with Crippen molar-refractivity contribution in [3.63, 3.8) is 0 Å². The van der Waals surface area contributed by atoms with Crippen molar-refractivity contribution in [3.05, 3.63) is 35.9 Å². The van der Waals surface area contributed by atoms with Crippen LogP contribution in [0.4, 0.5) is 0 Å². The van der Waals surface area contributed by atoms with Crippen LogP contribution in [0.25, 0.3) is 6.08 Å². The number of ether oxygens (including phenoxy) is 1. The minimum atomic E-state index is -0.215. The molecule has 1 atom stereocenters. The van der Waals surface area contributed by atoms with Gasteiger partial charge in [0.25, 0.3) is 0 Å². The Hall–Kier alpha value is -1.81. The number of hydrogen-bond donors (Lipinski definition) is 2. The van der Waals surface area contributed by atoms with Crippen LogP contribution >= 0.6 is 0 Å². The number of benzene rings is 1. The average Bonchev–Trinajstić information content (AvgIpc) is 2.44. The summed E-state index contributed by atoms with van der Waals surface area (Å²) in [6.07, 6.45) is 3.21. The van der Waals surface area contributed by atoms with Crippen molar-refractivity contribution in [1.82, 2.24) is 5.32 Å². The van der Waals surface area contributed by atoms with Crippen LogP contribution in [0.5, 0.6) is 5.75 Å². The molecule has 0 aliphatic heterocycles. The van der Waals surface area contributed by atoms with E-state index in [1.165, 1.54) is 6.08 Å². The van der Waals surface area contributed by atoms with Crippen molar-refractivity contribution in [1.29, 1.82) is 0 Å². The molecule has 0 heterocycles. The van der Waals surface area contributed by atoms with Gasteiger partial charge in [0.15, 0.2) is 0 Å². The molecule has 0 aliphatic rings. The van der Waals surface area contributed by atoms with E-state index in [9.17, 15) is 4.79 Å². The second kappa shape index (κ2) is 8.38. The highest BCUT2D eigenvalue weighted by atomic mass is 16.5. The van der Waals surface area contributed by atoms with E-state index in [1.807, 2.05) is 45.0 Å². The molecule has 2 N–H and O–H groups in total. The number of carbonyl (C=O) groups excluding carboxylic acids is 1. The van der Waals surface area contributed by atoms with Gasteiger partial charge < -0.3 is 15.2 Å². The summed E-state index contributed by atoms with van der Waals surface area (Å²) in [6.45, 7) is 6.43. The molecule has 1 aromatic carbocycles. The molecule has 1 unspecified atom stereocenters. The summed E-state index contributed by atoms with van der Waals surface area (Å²) >= 11 is 0. The lowest BCUT2D eigenvalue weighted by Gasteiger charge is -2.18. The number of aliphatic hydroxyl groups is 1. The number of carbonyl (C=O) groups is 1. The van der Waals surface area contributed by atoms with Gasteiger partial charge in [0.05, 0.1) is 19.3 Å². The average molecular weight is 277 g/mol. The molecule has 20 heavy (non-hydrogen) atoms. The van der Waals surface area contributed by atoms with Crippen LogP contribution in [0.2, 0.25) is 0 Å². The summed E-state index contributed by atoms with van der Waals surface area (Å²) in [5, 5.41) is 11.9. The normalized spacial score (nSPS) is 12.7. The molecule has 0 aromatic heterocycles. The first kappa shape index (κ1) is 16.2. The van der Waals surface area contributed by atoms with Crippen molar-refractivity contribution < 1.29 is 14.6 Å². The van der Waals surface area contributed by atoms with E-state index in [-0.39, 0.29) is 24.5 Å². The first-order valence-corrected chi connectivity index (χ1v) is 6.89. The number of aliphatic hydroxyl groups excluding tert-OH is 1. The molecule has 4 nitrogen and oxygen atoms in total. The molecule has 110 valence electrons. The molecule has 0 saturated carbocycles. The summed E-state index contributed by atoms with van der Waals surface area (Å²) in [6, 6.07) is 7.30. The second-order valence-corrected chi connectivity index (χ2v) is 4.88. The fourth-order valence-corrected chi connectivity index (χ4v) is 1.67. The zero-order chi connectivity index (χ0) is 15.0. The van der Waals surface area contributed by atoms with E-state index < -0.39 is 0 Å². The molecular weight excluding hydrogens is 254 g/mol. The maximum absolute atomic E-state index is 11.7. The van der Waals surface area contributed by atoms with Gasteiger partial charge in [-0.25, -0.2) is 0 Å². The molecule has 1 rings (SSSR count).